The number of rotatable bonds is 38. The lowest BCUT2D eigenvalue weighted by molar-refractivity contribution is -0.271. The predicted octanol–water partition coefficient (Wildman–Crippen LogP) is 0.0498. The number of hydrogen-bond acceptors (Lipinski definition) is 22. The average Bonchev–Trinajstić information content (AvgIpc) is 1.69. The fourth-order valence-electron chi connectivity index (χ4n) is 8.41. The maximum absolute atomic E-state index is 13.2. The molecule has 29 nitrogen and oxygen atoms in total. The number of carboxylic acids is 1. The van der Waals surface area contributed by atoms with Gasteiger partial charge in [0.25, 0.3) is 11.8 Å². The summed E-state index contributed by atoms with van der Waals surface area (Å²) in [5, 5.41) is 67.3. The molecule has 9 atom stereocenters. The van der Waals surface area contributed by atoms with Crippen LogP contribution in [-0.4, -0.2) is 219 Å². The summed E-state index contributed by atoms with van der Waals surface area (Å²) in [5.41, 5.74) is -0.553. The number of aliphatic hydroxyl groups is 5. The molecule has 3 heterocycles. The van der Waals surface area contributed by atoms with Crippen molar-refractivity contribution in [2.45, 2.75) is 126 Å². The molecule has 0 radical (unpaired) electrons. The van der Waals surface area contributed by atoms with E-state index in [-0.39, 0.29) is 127 Å². The van der Waals surface area contributed by atoms with Gasteiger partial charge in [-0.25, -0.2) is 14.2 Å². The van der Waals surface area contributed by atoms with Gasteiger partial charge in [-0.15, -0.1) is 0 Å². The number of phosphoric acid groups is 1. The molecule has 0 spiro atoms. The van der Waals surface area contributed by atoms with Crippen LogP contribution >= 0.6 is 7.82 Å². The van der Waals surface area contributed by atoms with Crippen LogP contribution in [0.3, 0.4) is 0 Å². The first-order chi connectivity index (χ1) is 40.8. The standard InChI is InChI=1S/C56H75N4O25P/c1-56(74,21-18-37-12-9-14-47(66)82-37)42(85-86(75,76)77)32-36(61)11-7-5-3-4-6-8-13-45(64)59(2)23-10-15-46(65)81-34-35-16-17-41(83-55-50(69)48(67)49(68)51(84-55)54(72)73)40(31-35)58-44(63)19-22-57-43(62)20-25-78-27-29-80-30-28-79-26-24-60-52(70)38-33-39(38)53(60)71/h3-7,9,11,14,16-18,21,31,36-37,42,48-51,55,61,67-69,74H,8,10,12-13,15,19-20,22-30,32-34H2,1-2H3,(H,57,62)(H,58,63)(H,72,73)(H2,75,76,77)/b5-3-,6-4+,11-7-,21-18+/t36-,37-,42-,48+,49+,50-,51+,55-,56-/m1/s1. The molecule has 0 unspecified atom stereocenters. The van der Waals surface area contributed by atoms with E-state index in [0.29, 0.717) is 36.0 Å². The summed E-state index contributed by atoms with van der Waals surface area (Å²) in [6, 6.07) is 4.09. The van der Waals surface area contributed by atoms with E-state index in [1.54, 1.807) is 37.4 Å². The van der Waals surface area contributed by atoms with Crippen molar-refractivity contribution in [2.75, 3.05) is 71.6 Å². The average molecular weight is 1240 g/mol. The highest BCUT2D eigenvalue weighted by molar-refractivity contribution is 7.46. The van der Waals surface area contributed by atoms with E-state index >= 15 is 0 Å². The van der Waals surface area contributed by atoms with Crippen molar-refractivity contribution >= 4 is 61.0 Å². The number of phosphoric ester groups is 1. The SMILES string of the molecule is CN(CCCC(=O)OCc1ccc(O[C@@H]2O[C@H](C(=O)O)[C@@H](O)[C@H](O)[C@H]2O)c(NC(=O)CCNC(=O)CCOCCOCCOCCN2C(=O)C3=C(C3)C2=O)c1)C(=O)CC/C=C/C=C\C=C/[C@@H](O)C[C@@H](OP(=O)(O)O)[C@](C)(O)/C=C/[C@H]1CC=CC(=O)O1. The maximum atomic E-state index is 13.2. The number of carbonyl (C=O) groups excluding carboxylic acids is 7. The molecular weight excluding hydrogens is 1160 g/mol. The minimum Gasteiger partial charge on any atom is -0.479 e. The zero-order valence-electron chi connectivity index (χ0n) is 47.4. The van der Waals surface area contributed by atoms with Gasteiger partial charge in [-0.3, -0.25) is 38.2 Å². The Balaban J connectivity index is 0.991. The Hall–Kier alpha value is -6.83. The van der Waals surface area contributed by atoms with Gasteiger partial charge in [-0.2, -0.15) is 0 Å². The van der Waals surface area contributed by atoms with Crippen molar-refractivity contribution in [2.24, 2.45) is 0 Å². The Labute approximate surface area is 494 Å². The number of nitrogens with zero attached hydrogens (tertiary/aromatic N) is 2. The number of aliphatic carboxylic acids is 1. The number of carbonyl (C=O) groups is 8. The smallest absolute Gasteiger partial charge is 0.469 e. The molecule has 1 aromatic rings. The number of cyclic esters (lactones) is 1. The van der Waals surface area contributed by atoms with Crippen LogP contribution in [0.1, 0.15) is 70.3 Å². The summed E-state index contributed by atoms with van der Waals surface area (Å²) in [6.45, 7) is 2.31. The fraction of sp³-hybridized carbons (Fsp3) is 0.536. The summed E-state index contributed by atoms with van der Waals surface area (Å²) in [6.07, 6.45) is 2.12. The third kappa shape index (κ3) is 23.8. The minimum atomic E-state index is -5.10. The van der Waals surface area contributed by atoms with E-state index in [1.807, 2.05) is 0 Å². The first kappa shape index (κ1) is 69.9. The van der Waals surface area contributed by atoms with Crippen molar-refractivity contribution in [1.29, 1.82) is 0 Å². The molecule has 1 saturated heterocycles. The van der Waals surface area contributed by atoms with Crippen molar-refractivity contribution in [3.8, 4) is 5.75 Å². The maximum Gasteiger partial charge on any atom is 0.469 e. The zero-order valence-corrected chi connectivity index (χ0v) is 48.3. The number of piperidine rings is 1. The van der Waals surface area contributed by atoms with Crippen LogP contribution < -0.4 is 15.4 Å². The Morgan fingerprint density at radius 3 is 2.26 bits per heavy atom. The highest BCUT2D eigenvalue weighted by Gasteiger charge is 2.49. The molecular formula is C56H75N4O25P. The fourth-order valence-corrected chi connectivity index (χ4v) is 9.04. The van der Waals surface area contributed by atoms with Gasteiger partial charge in [0.15, 0.2) is 6.10 Å². The van der Waals surface area contributed by atoms with Crippen LogP contribution in [0.25, 0.3) is 0 Å². The quantitative estimate of drug-likeness (QED) is 0.0104. The predicted molar refractivity (Wildman–Crippen MR) is 297 cm³/mol. The number of anilines is 1. The first-order valence-corrected chi connectivity index (χ1v) is 29.1. The molecule has 86 heavy (non-hydrogen) atoms. The molecule has 3 aliphatic heterocycles. The van der Waals surface area contributed by atoms with Gasteiger partial charge in [0, 0.05) is 82.3 Å². The van der Waals surface area contributed by atoms with Crippen LogP contribution in [0.5, 0.6) is 5.75 Å². The first-order valence-electron chi connectivity index (χ1n) is 27.5. The number of likely N-dealkylation sites (tertiary alicyclic amines) is 1. The Bertz CT molecular complexity index is 2750. The molecule has 0 aromatic heterocycles. The summed E-state index contributed by atoms with van der Waals surface area (Å²) in [7, 11) is -3.53. The van der Waals surface area contributed by atoms with E-state index in [0.717, 1.165) is 0 Å². The number of ether oxygens (including phenoxy) is 7. The molecule has 30 heteroatoms. The lowest BCUT2D eigenvalue weighted by Crippen LogP contribution is -2.61. The summed E-state index contributed by atoms with van der Waals surface area (Å²) < 4.78 is 54.2. The van der Waals surface area contributed by atoms with Crippen LogP contribution in [0.2, 0.25) is 0 Å². The second-order valence-corrected chi connectivity index (χ2v) is 21.4. The third-order valence-corrected chi connectivity index (χ3v) is 13.8. The molecule has 4 aliphatic rings. The number of hydrogen-bond donors (Lipinski definition) is 10. The Morgan fingerprint density at radius 2 is 1.57 bits per heavy atom. The second-order valence-electron chi connectivity index (χ2n) is 20.2. The highest BCUT2D eigenvalue weighted by atomic mass is 31.2. The van der Waals surface area contributed by atoms with E-state index in [9.17, 15) is 83.3 Å². The van der Waals surface area contributed by atoms with Crippen molar-refractivity contribution < 1.29 is 121 Å². The normalized spacial score (nSPS) is 21.9. The number of carboxylic acid groups (broad SMARTS) is 1. The van der Waals surface area contributed by atoms with Crippen molar-refractivity contribution in [1.82, 2.24) is 15.1 Å². The van der Waals surface area contributed by atoms with E-state index < -0.39 is 98.6 Å². The molecule has 5 amide bonds. The number of allylic oxidation sites excluding steroid dienone is 5. The molecule has 10 N–H and O–H groups in total. The third-order valence-electron chi connectivity index (χ3n) is 13.3. The number of aliphatic hydroxyl groups excluding tert-OH is 4. The largest absolute Gasteiger partial charge is 0.479 e. The molecule has 1 aliphatic carbocycles. The van der Waals surface area contributed by atoms with E-state index in [4.69, 9.17) is 37.7 Å². The van der Waals surface area contributed by atoms with Crippen LogP contribution in [0, 0.1) is 0 Å². The van der Waals surface area contributed by atoms with Crippen LogP contribution in [-0.2, 0) is 82.5 Å². The van der Waals surface area contributed by atoms with Gasteiger partial charge >= 0.3 is 25.7 Å². The summed E-state index contributed by atoms with van der Waals surface area (Å²) >= 11 is 0. The molecule has 0 bridgehead atoms. The van der Waals surface area contributed by atoms with Gasteiger partial charge in [0.05, 0.1) is 58.0 Å². The van der Waals surface area contributed by atoms with E-state index in [2.05, 4.69) is 10.6 Å². The number of imide groups is 1. The summed E-state index contributed by atoms with van der Waals surface area (Å²) in [4.78, 5) is 120. The number of amides is 5. The van der Waals surface area contributed by atoms with Crippen molar-refractivity contribution in [3.63, 3.8) is 0 Å². The topological polar surface area (TPSA) is 420 Å². The van der Waals surface area contributed by atoms with Gasteiger partial charge in [-0.1, -0.05) is 54.7 Å². The van der Waals surface area contributed by atoms with Crippen LogP contribution in [0.15, 0.2) is 90.1 Å². The second kappa shape index (κ2) is 34.5. The molecule has 474 valence electrons. The van der Waals surface area contributed by atoms with E-state index in [1.165, 1.54) is 65.3 Å². The van der Waals surface area contributed by atoms with Gasteiger partial charge in [0.2, 0.25) is 24.0 Å². The Morgan fingerprint density at radius 1 is 0.884 bits per heavy atom. The number of esters is 2. The van der Waals surface area contributed by atoms with Crippen molar-refractivity contribution in [3.05, 3.63) is 95.7 Å². The van der Waals surface area contributed by atoms with Gasteiger partial charge in [-0.05, 0) is 43.5 Å². The molecule has 0 saturated carbocycles. The number of nitrogens with one attached hydrogen (secondary N) is 2. The Kier molecular flexibility index (Phi) is 28.1. The van der Waals surface area contributed by atoms with Gasteiger partial charge < -0.3 is 89.1 Å². The summed E-state index contributed by atoms with van der Waals surface area (Å²) in [5.74, 6) is -4.81. The number of benzene rings is 1. The highest BCUT2D eigenvalue weighted by Crippen LogP contribution is 2.42. The van der Waals surface area contributed by atoms with Gasteiger partial charge in [0.1, 0.15) is 48.5 Å². The zero-order chi connectivity index (χ0) is 63.0. The molecule has 1 aromatic carbocycles. The lowest BCUT2D eigenvalue weighted by Gasteiger charge is -2.38. The lowest BCUT2D eigenvalue weighted by atomic mass is 9.93. The minimum absolute atomic E-state index is 0.0331. The molecule has 1 fully saturated rings. The molecule has 5 rings (SSSR count). The van der Waals surface area contributed by atoms with Crippen LogP contribution in [0.4, 0.5) is 5.69 Å². The monoisotopic (exact) mass is 1230 g/mol.